The second-order valence-corrected chi connectivity index (χ2v) is 9.99. The maximum Gasteiger partial charge on any atom is 0.338 e. The molecule has 0 amide bonds. The molecule has 2 heterocycles. The van der Waals surface area contributed by atoms with Gasteiger partial charge in [0.1, 0.15) is 6.61 Å². The standard InChI is InChI=1S/C23H19Cl2IN2O3S/c1-3-30-22(29)19-13(2)27-23-28(8-9-32-23)20(19)15-10-17(24)21(18(25)11-15)31-12-14-4-6-16(26)7-5-14/h4-11,20H,3,12H2,1-2H3/t20-/m1/s1. The highest BCUT2D eigenvalue weighted by atomic mass is 127. The number of nitrogens with zero attached hydrogens (tertiary/aromatic N) is 2. The SMILES string of the molecule is CCOC(=O)C1=C(C)N=C2SC=CN2[C@@H]1c1cc(Cl)c(OCc2ccc(I)cc2)c(Cl)c1. The Balaban J connectivity index is 1.67. The Labute approximate surface area is 214 Å². The molecule has 9 heteroatoms. The van der Waals surface area contributed by atoms with E-state index in [9.17, 15) is 4.79 Å². The van der Waals surface area contributed by atoms with Gasteiger partial charge in [0.05, 0.1) is 34.0 Å². The highest BCUT2D eigenvalue weighted by Gasteiger charge is 2.38. The van der Waals surface area contributed by atoms with Gasteiger partial charge in [-0.15, -0.1) is 0 Å². The molecule has 0 spiro atoms. The van der Waals surface area contributed by atoms with Crippen LogP contribution in [0.5, 0.6) is 5.75 Å². The van der Waals surface area contributed by atoms with Gasteiger partial charge in [0.15, 0.2) is 10.9 Å². The maximum atomic E-state index is 12.8. The molecule has 0 radical (unpaired) electrons. The Morgan fingerprint density at radius 2 is 1.91 bits per heavy atom. The van der Waals surface area contributed by atoms with Crippen LogP contribution in [-0.4, -0.2) is 22.6 Å². The molecule has 0 saturated heterocycles. The number of allylic oxidation sites excluding steroid dienone is 1. The molecular weight excluding hydrogens is 582 g/mol. The van der Waals surface area contributed by atoms with Gasteiger partial charge in [0.2, 0.25) is 0 Å². The molecule has 5 nitrogen and oxygen atoms in total. The fourth-order valence-electron chi connectivity index (χ4n) is 3.51. The first kappa shape index (κ1) is 23.5. The first-order valence-electron chi connectivity index (χ1n) is 9.83. The van der Waals surface area contributed by atoms with Crippen molar-refractivity contribution in [2.75, 3.05) is 6.61 Å². The number of ether oxygens (including phenoxy) is 2. The number of aliphatic imine (C=N–C) groups is 1. The molecule has 166 valence electrons. The molecule has 0 bridgehead atoms. The van der Waals surface area contributed by atoms with E-state index in [2.05, 4.69) is 27.6 Å². The Hall–Kier alpha value is -1.68. The van der Waals surface area contributed by atoms with Crippen molar-refractivity contribution in [3.63, 3.8) is 0 Å². The van der Waals surface area contributed by atoms with Gasteiger partial charge in [-0.05, 0) is 77.2 Å². The summed E-state index contributed by atoms with van der Waals surface area (Å²) in [5.41, 5.74) is 2.84. The van der Waals surface area contributed by atoms with E-state index in [1.165, 1.54) is 11.8 Å². The topological polar surface area (TPSA) is 51.1 Å². The summed E-state index contributed by atoms with van der Waals surface area (Å²) in [6.07, 6.45) is 1.89. The Morgan fingerprint density at radius 1 is 1.22 bits per heavy atom. The van der Waals surface area contributed by atoms with Crippen molar-refractivity contribution in [3.8, 4) is 5.75 Å². The van der Waals surface area contributed by atoms with Crippen molar-refractivity contribution < 1.29 is 14.3 Å². The summed E-state index contributed by atoms with van der Waals surface area (Å²) in [7, 11) is 0. The van der Waals surface area contributed by atoms with E-state index < -0.39 is 12.0 Å². The molecule has 2 aromatic carbocycles. The summed E-state index contributed by atoms with van der Waals surface area (Å²) in [5, 5.41) is 3.46. The van der Waals surface area contributed by atoms with Gasteiger partial charge in [-0.25, -0.2) is 9.79 Å². The number of fused-ring (bicyclic) bond motifs is 1. The number of benzene rings is 2. The molecule has 2 aliphatic heterocycles. The zero-order valence-electron chi connectivity index (χ0n) is 17.3. The quantitative estimate of drug-likeness (QED) is 0.265. The highest BCUT2D eigenvalue weighted by Crippen LogP contribution is 2.44. The van der Waals surface area contributed by atoms with Crippen molar-refractivity contribution in [1.82, 2.24) is 4.90 Å². The molecule has 2 aliphatic rings. The van der Waals surface area contributed by atoms with Crippen LogP contribution >= 0.6 is 57.6 Å². The van der Waals surface area contributed by atoms with Gasteiger partial charge in [-0.1, -0.05) is 47.1 Å². The fourth-order valence-corrected chi connectivity index (χ4v) is 5.27. The molecule has 0 N–H and O–H groups in total. The van der Waals surface area contributed by atoms with Crippen molar-refractivity contribution in [2.45, 2.75) is 26.5 Å². The number of hydrogen-bond acceptors (Lipinski definition) is 6. The van der Waals surface area contributed by atoms with Gasteiger partial charge in [0.25, 0.3) is 0 Å². The van der Waals surface area contributed by atoms with E-state index in [-0.39, 0.29) is 6.61 Å². The monoisotopic (exact) mass is 600 g/mol. The summed E-state index contributed by atoms with van der Waals surface area (Å²) in [6.45, 7) is 4.20. The largest absolute Gasteiger partial charge is 0.486 e. The van der Waals surface area contributed by atoms with Gasteiger partial charge >= 0.3 is 5.97 Å². The van der Waals surface area contributed by atoms with E-state index in [0.29, 0.717) is 33.7 Å². The lowest BCUT2D eigenvalue weighted by Crippen LogP contribution is -2.34. The first-order valence-corrected chi connectivity index (χ1v) is 12.5. The zero-order chi connectivity index (χ0) is 22.8. The molecule has 0 fully saturated rings. The molecule has 4 rings (SSSR count). The van der Waals surface area contributed by atoms with E-state index in [0.717, 1.165) is 19.9 Å². The van der Waals surface area contributed by atoms with Crippen LogP contribution in [0.1, 0.15) is 31.0 Å². The molecule has 1 atom stereocenters. The van der Waals surface area contributed by atoms with Crippen LogP contribution in [0.3, 0.4) is 0 Å². The van der Waals surface area contributed by atoms with Crippen molar-refractivity contribution in [3.05, 3.63) is 84.0 Å². The predicted octanol–water partition coefficient (Wildman–Crippen LogP) is 6.94. The number of esters is 1. The van der Waals surface area contributed by atoms with Crippen molar-refractivity contribution in [2.24, 2.45) is 4.99 Å². The van der Waals surface area contributed by atoms with Gasteiger partial charge in [0, 0.05) is 9.77 Å². The van der Waals surface area contributed by atoms with Crippen molar-refractivity contribution >= 4 is 68.7 Å². The lowest BCUT2D eigenvalue weighted by molar-refractivity contribution is -0.139. The maximum absolute atomic E-state index is 12.8. The molecule has 0 saturated carbocycles. The number of rotatable bonds is 6. The van der Waals surface area contributed by atoms with Gasteiger partial charge in [-0.2, -0.15) is 0 Å². The second-order valence-electron chi connectivity index (χ2n) is 7.06. The second kappa shape index (κ2) is 10.1. The van der Waals surface area contributed by atoms with Gasteiger partial charge in [-0.3, -0.25) is 0 Å². The van der Waals surface area contributed by atoms with Crippen LogP contribution < -0.4 is 4.74 Å². The number of carbonyl (C=O) groups is 1. The Morgan fingerprint density at radius 3 is 2.56 bits per heavy atom. The predicted molar refractivity (Wildman–Crippen MR) is 138 cm³/mol. The van der Waals surface area contributed by atoms with Crippen LogP contribution in [-0.2, 0) is 16.1 Å². The molecule has 0 aliphatic carbocycles. The van der Waals surface area contributed by atoms with Crippen LogP contribution in [0.25, 0.3) is 0 Å². The number of hydrogen-bond donors (Lipinski definition) is 0. The summed E-state index contributed by atoms with van der Waals surface area (Å²) in [4.78, 5) is 19.3. The molecular formula is C23H19Cl2IN2O3S. The van der Waals surface area contributed by atoms with Gasteiger partial charge < -0.3 is 14.4 Å². The summed E-state index contributed by atoms with van der Waals surface area (Å²) in [5.74, 6) is -0.000519. The van der Waals surface area contributed by atoms with Crippen LogP contribution in [0, 0.1) is 3.57 Å². The van der Waals surface area contributed by atoms with E-state index >= 15 is 0 Å². The summed E-state index contributed by atoms with van der Waals surface area (Å²) < 4.78 is 12.4. The number of thioether (sulfide) groups is 1. The zero-order valence-corrected chi connectivity index (χ0v) is 21.8. The molecule has 0 aromatic heterocycles. The average molecular weight is 601 g/mol. The minimum atomic E-state index is -0.451. The number of carbonyl (C=O) groups excluding carboxylic acids is 1. The van der Waals surface area contributed by atoms with E-state index in [1.807, 2.05) is 47.7 Å². The third kappa shape index (κ3) is 4.81. The van der Waals surface area contributed by atoms with Crippen LogP contribution in [0.15, 0.2) is 64.3 Å². The van der Waals surface area contributed by atoms with Crippen LogP contribution in [0.4, 0.5) is 0 Å². The first-order chi connectivity index (χ1) is 15.4. The van der Waals surface area contributed by atoms with Crippen LogP contribution in [0.2, 0.25) is 10.0 Å². The minimum Gasteiger partial charge on any atom is -0.486 e. The van der Waals surface area contributed by atoms with Crippen molar-refractivity contribution in [1.29, 1.82) is 0 Å². The summed E-state index contributed by atoms with van der Waals surface area (Å²) in [6, 6.07) is 11.1. The van der Waals surface area contributed by atoms with E-state index in [4.69, 9.17) is 32.7 Å². The average Bonchev–Trinajstić information content (AvgIpc) is 3.21. The normalized spacial score (nSPS) is 17.3. The smallest absolute Gasteiger partial charge is 0.338 e. The molecule has 2 aromatic rings. The molecule has 0 unspecified atom stereocenters. The summed E-state index contributed by atoms with van der Waals surface area (Å²) >= 11 is 16.9. The number of amidine groups is 1. The minimum absolute atomic E-state index is 0.274. The highest BCUT2D eigenvalue weighted by molar-refractivity contribution is 14.1. The molecule has 32 heavy (non-hydrogen) atoms. The fraction of sp³-hybridized carbons (Fsp3) is 0.217. The van der Waals surface area contributed by atoms with E-state index in [1.54, 1.807) is 19.1 Å². The Kier molecular flexibility index (Phi) is 7.39. The third-order valence-corrected chi connectivity index (χ3v) is 7.00. The lowest BCUT2D eigenvalue weighted by atomic mass is 9.94. The number of halogens is 3. The Bertz CT molecular complexity index is 1130. The third-order valence-electron chi connectivity index (χ3n) is 4.95. The lowest BCUT2D eigenvalue weighted by Gasteiger charge is -2.33.